The highest BCUT2D eigenvalue weighted by Crippen LogP contribution is 2.23. The van der Waals surface area contributed by atoms with Crippen LogP contribution in [0.1, 0.15) is 12.8 Å². The molecule has 7 nitrogen and oxygen atoms in total. The van der Waals surface area contributed by atoms with Crippen molar-refractivity contribution >= 4 is 15.7 Å². The average Bonchev–Trinajstić information content (AvgIpc) is 2.47. The molecule has 0 bridgehead atoms. The Morgan fingerprint density at radius 3 is 2.55 bits per heavy atom. The summed E-state index contributed by atoms with van der Waals surface area (Å²) in [5.74, 6) is 0. The topological polar surface area (TPSA) is 92.6 Å². The number of rotatable bonds is 4. The first-order chi connectivity index (χ1) is 9.45. The summed E-state index contributed by atoms with van der Waals surface area (Å²) in [6.45, 7) is 0.854. The predicted octanol–water partition coefficient (Wildman–Crippen LogP) is 0.967. The minimum absolute atomic E-state index is 0.0189. The van der Waals surface area contributed by atoms with E-state index in [2.05, 4.69) is 5.32 Å². The molecule has 110 valence electrons. The van der Waals surface area contributed by atoms with Gasteiger partial charge < -0.3 is 5.32 Å². The number of nitrogens with zero attached hydrogens (tertiary/aromatic N) is 2. The first-order valence-electron chi connectivity index (χ1n) is 6.37. The van der Waals surface area contributed by atoms with Gasteiger partial charge in [-0.25, -0.2) is 8.42 Å². The van der Waals surface area contributed by atoms with Crippen LogP contribution in [0.15, 0.2) is 29.2 Å². The predicted molar refractivity (Wildman–Crippen MR) is 73.9 cm³/mol. The second-order valence-electron chi connectivity index (χ2n) is 4.72. The van der Waals surface area contributed by atoms with Crippen LogP contribution in [0, 0.1) is 10.1 Å². The molecular formula is C12H17N3O4S. The molecule has 0 aliphatic carbocycles. The van der Waals surface area contributed by atoms with Crippen LogP contribution < -0.4 is 5.32 Å². The Kier molecular flexibility index (Phi) is 4.36. The van der Waals surface area contributed by atoms with Gasteiger partial charge in [0.05, 0.1) is 9.82 Å². The summed E-state index contributed by atoms with van der Waals surface area (Å²) in [6.07, 6.45) is 1.48. The number of nitro groups is 1. The second-order valence-corrected chi connectivity index (χ2v) is 6.66. The highest BCUT2D eigenvalue weighted by atomic mass is 32.2. The zero-order chi connectivity index (χ0) is 14.8. The van der Waals surface area contributed by atoms with Crippen molar-refractivity contribution < 1.29 is 13.3 Å². The summed E-state index contributed by atoms with van der Waals surface area (Å²) >= 11 is 0. The molecule has 1 N–H and O–H groups in total. The first-order valence-corrected chi connectivity index (χ1v) is 7.81. The van der Waals surface area contributed by atoms with Gasteiger partial charge in [-0.15, -0.1) is 0 Å². The fourth-order valence-electron chi connectivity index (χ4n) is 2.29. The molecule has 0 saturated carbocycles. The number of sulfonamides is 1. The van der Waals surface area contributed by atoms with Crippen molar-refractivity contribution in [1.29, 1.82) is 0 Å². The van der Waals surface area contributed by atoms with E-state index in [4.69, 9.17) is 0 Å². The molecule has 2 rings (SSSR count). The van der Waals surface area contributed by atoms with Crippen molar-refractivity contribution in [3.8, 4) is 0 Å². The second kappa shape index (κ2) is 5.86. The van der Waals surface area contributed by atoms with Crippen LogP contribution in [0.5, 0.6) is 0 Å². The van der Waals surface area contributed by atoms with Crippen LogP contribution in [0.3, 0.4) is 0 Å². The van der Waals surface area contributed by atoms with E-state index in [1.165, 1.54) is 22.5 Å². The van der Waals surface area contributed by atoms with Gasteiger partial charge in [0.15, 0.2) is 0 Å². The summed E-state index contributed by atoms with van der Waals surface area (Å²) in [6, 6.07) is 5.51. The van der Waals surface area contributed by atoms with Crippen molar-refractivity contribution in [1.82, 2.24) is 9.62 Å². The van der Waals surface area contributed by atoms with Crippen molar-refractivity contribution in [3.05, 3.63) is 34.4 Å². The Morgan fingerprint density at radius 2 is 2.00 bits per heavy atom. The van der Waals surface area contributed by atoms with Crippen LogP contribution >= 0.6 is 0 Å². The smallest absolute Gasteiger partial charge is 0.270 e. The van der Waals surface area contributed by atoms with Gasteiger partial charge in [-0.3, -0.25) is 10.1 Å². The molecule has 0 radical (unpaired) electrons. The van der Waals surface area contributed by atoms with Crippen LogP contribution in [-0.4, -0.2) is 43.8 Å². The molecule has 0 aromatic heterocycles. The molecule has 1 fully saturated rings. The SMILES string of the molecule is CNC1CCN(S(=O)(=O)c2cccc([N+](=O)[O-])c2)CC1. The maximum atomic E-state index is 12.4. The zero-order valence-electron chi connectivity index (χ0n) is 11.2. The van der Waals surface area contributed by atoms with E-state index in [9.17, 15) is 18.5 Å². The van der Waals surface area contributed by atoms with E-state index in [1.54, 1.807) is 0 Å². The summed E-state index contributed by atoms with van der Waals surface area (Å²) in [4.78, 5) is 10.1. The van der Waals surface area contributed by atoms with Crippen LogP contribution in [0.2, 0.25) is 0 Å². The molecule has 1 aliphatic rings. The van der Waals surface area contributed by atoms with E-state index >= 15 is 0 Å². The summed E-state index contributed by atoms with van der Waals surface area (Å²) in [5, 5.41) is 13.9. The van der Waals surface area contributed by atoms with E-state index in [0.29, 0.717) is 19.1 Å². The Balaban J connectivity index is 2.23. The Labute approximate surface area is 117 Å². The maximum absolute atomic E-state index is 12.4. The summed E-state index contributed by atoms with van der Waals surface area (Å²) in [5.41, 5.74) is -0.212. The van der Waals surface area contributed by atoms with Gasteiger partial charge in [-0.05, 0) is 26.0 Å². The van der Waals surface area contributed by atoms with Gasteiger partial charge in [-0.1, -0.05) is 6.07 Å². The maximum Gasteiger partial charge on any atom is 0.270 e. The molecule has 0 amide bonds. The Hall–Kier alpha value is -1.51. The molecule has 1 heterocycles. The fourth-order valence-corrected chi connectivity index (χ4v) is 3.80. The molecule has 20 heavy (non-hydrogen) atoms. The largest absolute Gasteiger partial charge is 0.317 e. The molecular weight excluding hydrogens is 282 g/mol. The average molecular weight is 299 g/mol. The number of benzene rings is 1. The highest BCUT2D eigenvalue weighted by molar-refractivity contribution is 7.89. The lowest BCUT2D eigenvalue weighted by atomic mass is 10.1. The quantitative estimate of drug-likeness (QED) is 0.660. The normalized spacial score (nSPS) is 18.1. The van der Waals surface area contributed by atoms with Crippen LogP contribution in [0.4, 0.5) is 5.69 Å². The lowest BCUT2D eigenvalue weighted by molar-refractivity contribution is -0.385. The van der Waals surface area contributed by atoms with E-state index in [1.807, 2.05) is 7.05 Å². The lowest BCUT2D eigenvalue weighted by Crippen LogP contribution is -2.43. The van der Waals surface area contributed by atoms with Gasteiger partial charge in [0.25, 0.3) is 5.69 Å². The Morgan fingerprint density at radius 1 is 1.35 bits per heavy atom. The molecule has 0 atom stereocenters. The van der Waals surface area contributed by atoms with Crippen molar-refractivity contribution in [3.63, 3.8) is 0 Å². The van der Waals surface area contributed by atoms with Gasteiger partial charge in [0.2, 0.25) is 10.0 Å². The first kappa shape index (κ1) is 14.9. The molecule has 0 unspecified atom stereocenters. The molecule has 1 aromatic carbocycles. The van der Waals surface area contributed by atoms with Gasteiger partial charge in [-0.2, -0.15) is 4.31 Å². The summed E-state index contributed by atoms with van der Waals surface area (Å²) < 4.78 is 26.3. The molecule has 1 aliphatic heterocycles. The third kappa shape index (κ3) is 2.97. The summed E-state index contributed by atoms with van der Waals surface area (Å²) in [7, 11) is -1.79. The number of non-ortho nitro benzene ring substituents is 1. The third-order valence-electron chi connectivity index (χ3n) is 3.53. The van der Waals surface area contributed by atoms with Crippen molar-refractivity contribution in [2.24, 2.45) is 0 Å². The van der Waals surface area contributed by atoms with Gasteiger partial charge in [0.1, 0.15) is 0 Å². The van der Waals surface area contributed by atoms with E-state index in [-0.39, 0.29) is 10.6 Å². The number of piperidine rings is 1. The fraction of sp³-hybridized carbons (Fsp3) is 0.500. The minimum Gasteiger partial charge on any atom is -0.317 e. The number of hydrogen-bond donors (Lipinski definition) is 1. The number of nitro benzene ring substituents is 1. The molecule has 1 aromatic rings. The van der Waals surface area contributed by atoms with E-state index in [0.717, 1.165) is 18.9 Å². The highest BCUT2D eigenvalue weighted by Gasteiger charge is 2.29. The molecule has 1 saturated heterocycles. The zero-order valence-corrected chi connectivity index (χ0v) is 12.0. The van der Waals surface area contributed by atoms with E-state index < -0.39 is 14.9 Å². The third-order valence-corrected chi connectivity index (χ3v) is 5.42. The molecule has 8 heteroatoms. The minimum atomic E-state index is -3.65. The van der Waals surface area contributed by atoms with Gasteiger partial charge >= 0.3 is 0 Å². The standard InChI is InChI=1S/C12H17N3O4S/c1-13-10-5-7-14(8-6-10)20(18,19)12-4-2-3-11(9-12)15(16)17/h2-4,9-10,13H,5-8H2,1H3. The Bertz CT molecular complexity index is 594. The number of nitrogens with one attached hydrogen (secondary N) is 1. The van der Waals surface area contributed by atoms with Crippen LogP contribution in [-0.2, 0) is 10.0 Å². The van der Waals surface area contributed by atoms with Crippen molar-refractivity contribution in [2.75, 3.05) is 20.1 Å². The lowest BCUT2D eigenvalue weighted by Gasteiger charge is -2.30. The van der Waals surface area contributed by atoms with Crippen molar-refractivity contribution in [2.45, 2.75) is 23.8 Å². The van der Waals surface area contributed by atoms with Crippen LogP contribution in [0.25, 0.3) is 0 Å². The molecule has 0 spiro atoms. The monoisotopic (exact) mass is 299 g/mol. The van der Waals surface area contributed by atoms with Gasteiger partial charge in [0, 0.05) is 31.3 Å². The number of hydrogen-bond acceptors (Lipinski definition) is 5.